The molecule has 2 aromatic rings. The lowest BCUT2D eigenvalue weighted by atomic mass is 10.3. The first-order valence-electron chi connectivity index (χ1n) is 6.06. The summed E-state index contributed by atoms with van der Waals surface area (Å²) in [5.74, 6) is 0. The van der Waals surface area contributed by atoms with Gasteiger partial charge in [0.1, 0.15) is 0 Å². The van der Waals surface area contributed by atoms with Crippen molar-refractivity contribution in [3.63, 3.8) is 0 Å². The van der Waals surface area contributed by atoms with E-state index in [1.807, 2.05) is 5.38 Å². The van der Waals surface area contributed by atoms with E-state index in [4.69, 9.17) is 23.2 Å². The quantitative estimate of drug-likeness (QED) is 0.759. The van der Waals surface area contributed by atoms with Crippen LogP contribution >= 0.6 is 34.5 Å². The number of thiazole rings is 1. The van der Waals surface area contributed by atoms with Gasteiger partial charge in [0.05, 0.1) is 16.4 Å². The van der Waals surface area contributed by atoms with Gasteiger partial charge < -0.3 is 10.6 Å². The molecule has 0 saturated heterocycles. The van der Waals surface area contributed by atoms with Gasteiger partial charge in [-0.1, -0.05) is 30.1 Å². The molecule has 0 radical (unpaired) electrons. The Labute approximate surface area is 127 Å². The number of rotatable bonds is 6. The number of hydrogen-bond donors (Lipinski definition) is 2. The summed E-state index contributed by atoms with van der Waals surface area (Å²) in [6.07, 6.45) is 1.12. The first-order valence-corrected chi connectivity index (χ1v) is 7.70. The zero-order valence-electron chi connectivity index (χ0n) is 10.5. The molecule has 0 aliphatic rings. The van der Waals surface area contributed by atoms with Gasteiger partial charge in [-0.2, -0.15) is 0 Å². The van der Waals surface area contributed by atoms with Crippen molar-refractivity contribution in [3.05, 3.63) is 39.3 Å². The van der Waals surface area contributed by atoms with E-state index in [0.717, 1.165) is 36.0 Å². The van der Waals surface area contributed by atoms with Crippen LogP contribution in [-0.2, 0) is 6.54 Å². The normalized spacial score (nSPS) is 10.7. The van der Waals surface area contributed by atoms with Crippen molar-refractivity contribution in [1.29, 1.82) is 0 Å². The largest absolute Gasteiger partial charge is 0.330 e. The van der Waals surface area contributed by atoms with Gasteiger partial charge in [0.25, 0.3) is 0 Å². The van der Waals surface area contributed by atoms with Gasteiger partial charge in [-0.25, -0.2) is 4.98 Å². The van der Waals surface area contributed by atoms with Gasteiger partial charge in [0, 0.05) is 16.9 Å². The summed E-state index contributed by atoms with van der Waals surface area (Å²) in [7, 11) is 0. The van der Waals surface area contributed by atoms with Gasteiger partial charge in [-0.3, -0.25) is 0 Å². The molecule has 3 nitrogen and oxygen atoms in total. The van der Waals surface area contributed by atoms with E-state index >= 15 is 0 Å². The molecule has 1 aromatic heterocycles. The monoisotopic (exact) mass is 315 g/mol. The minimum Gasteiger partial charge on any atom is -0.330 e. The van der Waals surface area contributed by atoms with Crippen molar-refractivity contribution < 1.29 is 0 Å². The van der Waals surface area contributed by atoms with Crippen LogP contribution in [0.15, 0.2) is 23.6 Å². The molecule has 0 atom stereocenters. The molecule has 19 heavy (non-hydrogen) atoms. The lowest BCUT2D eigenvalue weighted by Crippen LogP contribution is -2.13. The number of anilines is 2. The highest BCUT2D eigenvalue weighted by molar-refractivity contribution is 7.13. The van der Waals surface area contributed by atoms with Crippen LogP contribution in [0.4, 0.5) is 10.8 Å². The molecule has 0 unspecified atom stereocenters. The second-order valence-electron chi connectivity index (χ2n) is 4.07. The Balaban J connectivity index is 2.01. The van der Waals surface area contributed by atoms with Crippen LogP contribution in [0.2, 0.25) is 10.0 Å². The fourth-order valence-electron chi connectivity index (χ4n) is 1.55. The third kappa shape index (κ3) is 4.35. The van der Waals surface area contributed by atoms with Crippen molar-refractivity contribution in [1.82, 2.24) is 10.3 Å². The Hall–Kier alpha value is -0.810. The van der Waals surface area contributed by atoms with Crippen LogP contribution in [0, 0.1) is 0 Å². The number of aromatic nitrogens is 1. The van der Waals surface area contributed by atoms with Crippen LogP contribution in [0.5, 0.6) is 0 Å². The second kappa shape index (κ2) is 7.10. The maximum Gasteiger partial charge on any atom is 0.187 e. The molecule has 0 saturated carbocycles. The van der Waals surface area contributed by atoms with Crippen LogP contribution in [-0.4, -0.2) is 11.5 Å². The Morgan fingerprint density at radius 1 is 1.32 bits per heavy atom. The van der Waals surface area contributed by atoms with Crippen LogP contribution in [0.25, 0.3) is 0 Å². The summed E-state index contributed by atoms with van der Waals surface area (Å²) in [5.41, 5.74) is 1.80. The molecule has 0 amide bonds. The van der Waals surface area contributed by atoms with Crippen molar-refractivity contribution in [3.8, 4) is 0 Å². The van der Waals surface area contributed by atoms with Crippen molar-refractivity contribution in [2.75, 3.05) is 11.9 Å². The van der Waals surface area contributed by atoms with E-state index in [9.17, 15) is 0 Å². The van der Waals surface area contributed by atoms with Crippen LogP contribution in [0.3, 0.4) is 0 Å². The molecule has 0 spiro atoms. The summed E-state index contributed by atoms with van der Waals surface area (Å²) in [6, 6.07) is 5.32. The molecule has 1 aromatic carbocycles. The summed E-state index contributed by atoms with van der Waals surface area (Å²) in [5, 5.41) is 10.6. The fraction of sp³-hybridized carbons (Fsp3) is 0.308. The van der Waals surface area contributed by atoms with E-state index < -0.39 is 0 Å². The van der Waals surface area contributed by atoms with Gasteiger partial charge in [-0.15, -0.1) is 11.3 Å². The maximum absolute atomic E-state index is 6.10. The molecule has 2 rings (SSSR count). The fourth-order valence-corrected chi connectivity index (χ4v) is 2.61. The Kier molecular flexibility index (Phi) is 5.45. The summed E-state index contributed by atoms with van der Waals surface area (Å²) in [4.78, 5) is 4.49. The van der Waals surface area contributed by atoms with E-state index in [-0.39, 0.29) is 0 Å². The summed E-state index contributed by atoms with van der Waals surface area (Å²) >= 11 is 13.6. The first-order chi connectivity index (χ1) is 9.19. The lowest BCUT2D eigenvalue weighted by Gasteiger charge is -2.05. The van der Waals surface area contributed by atoms with Crippen molar-refractivity contribution in [2.24, 2.45) is 0 Å². The second-order valence-corrected chi connectivity index (χ2v) is 5.77. The van der Waals surface area contributed by atoms with E-state index in [1.165, 1.54) is 0 Å². The zero-order valence-corrected chi connectivity index (χ0v) is 12.9. The molecule has 102 valence electrons. The number of benzene rings is 1. The van der Waals surface area contributed by atoms with Crippen LogP contribution in [0.1, 0.15) is 19.0 Å². The Bertz CT molecular complexity index is 542. The molecule has 2 N–H and O–H groups in total. The van der Waals surface area contributed by atoms with E-state index in [2.05, 4.69) is 22.5 Å². The first kappa shape index (κ1) is 14.6. The third-order valence-corrected chi connectivity index (χ3v) is 3.83. The topological polar surface area (TPSA) is 37.0 Å². The number of halogens is 2. The predicted octanol–water partition coefficient (Wildman–Crippen LogP) is 4.69. The third-order valence-electron chi connectivity index (χ3n) is 2.45. The predicted molar refractivity (Wildman–Crippen MR) is 83.9 cm³/mol. The summed E-state index contributed by atoms with van der Waals surface area (Å²) < 4.78 is 0. The Morgan fingerprint density at radius 2 is 2.16 bits per heavy atom. The number of nitrogens with one attached hydrogen (secondary N) is 2. The highest BCUT2D eigenvalue weighted by atomic mass is 35.5. The van der Waals surface area contributed by atoms with Crippen LogP contribution < -0.4 is 10.6 Å². The number of hydrogen-bond acceptors (Lipinski definition) is 4. The maximum atomic E-state index is 6.10. The highest BCUT2D eigenvalue weighted by Gasteiger charge is 2.05. The average Bonchev–Trinajstić information content (AvgIpc) is 2.82. The van der Waals surface area contributed by atoms with Gasteiger partial charge in [-0.05, 0) is 31.2 Å². The van der Waals surface area contributed by atoms with Gasteiger partial charge >= 0.3 is 0 Å². The molecule has 0 fully saturated rings. The molecule has 6 heteroatoms. The Morgan fingerprint density at radius 3 is 2.95 bits per heavy atom. The number of nitrogens with zero attached hydrogens (tertiary/aromatic N) is 1. The van der Waals surface area contributed by atoms with Gasteiger partial charge in [0.2, 0.25) is 0 Å². The smallest absolute Gasteiger partial charge is 0.187 e. The molecule has 0 bridgehead atoms. The highest BCUT2D eigenvalue weighted by Crippen LogP contribution is 2.29. The molecule has 1 heterocycles. The minimum atomic E-state index is 0.630. The van der Waals surface area contributed by atoms with Crippen molar-refractivity contribution in [2.45, 2.75) is 19.9 Å². The average molecular weight is 316 g/mol. The zero-order chi connectivity index (χ0) is 13.7. The molecular formula is C13H15Cl2N3S. The van der Waals surface area contributed by atoms with Crippen molar-refractivity contribution >= 4 is 45.4 Å². The molecular weight excluding hydrogens is 301 g/mol. The van der Waals surface area contributed by atoms with Gasteiger partial charge in [0.15, 0.2) is 5.13 Å². The van der Waals surface area contributed by atoms with E-state index in [0.29, 0.717) is 10.0 Å². The molecule has 0 aliphatic heterocycles. The molecule has 0 aliphatic carbocycles. The summed E-state index contributed by atoms with van der Waals surface area (Å²) in [6.45, 7) is 3.93. The standard InChI is InChI=1S/C13H15Cl2N3S/c1-2-5-16-7-10-8-19-13(17-10)18-12-6-9(14)3-4-11(12)15/h3-4,6,8,16H,2,5,7H2,1H3,(H,17,18). The SMILES string of the molecule is CCCNCc1csc(Nc2cc(Cl)ccc2Cl)n1. The lowest BCUT2D eigenvalue weighted by molar-refractivity contribution is 0.667. The minimum absolute atomic E-state index is 0.630. The van der Waals surface area contributed by atoms with E-state index in [1.54, 1.807) is 29.5 Å².